The summed E-state index contributed by atoms with van der Waals surface area (Å²) in [7, 11) is 1.50. The third kappa shape index (κ3) is 5.18. The summed E-state index contributed by atoms with van der Waals surface area (Å²) in [6.07, 6.45) is 1.91. The van der Waals surface area contributed by atoms with Gasteiger partial charge in [-0.25, -0.2) is 9.97 Å². The van der Waals surface area contributed by atoms with Crippen molar-refractivity contribution in [1.82, 2.24) is 15.0 Å². The van der Waals surface area contributed by atoms with Crippen LogP contribution < -0.4 is 15.5 Å². The molecule has 2 aromatic carbocycles. The minimum Gasteiger partial charge on any atom is -0.372 e. The number of halogens is 1. The van der Waals surface area contributed by atoms with E-state index in [1.807, 2.05) is 24.3 Å². The number of methoxy groups -OCH3 is 1. The maximum absolute atomic E-state index is 12.0. The summed E-state index contributed by atoms with van der Waals surface area (Å²) >= 11 is 3.54. The lowest BCUT2D eigenvalue weighted by atomic mass is 10.0. The molecule has 9 heteroatoms. The van der Waals surface area contributed by atoms with Crippen LogP contribution in [0.1, 0.15) is 18.1 Å². The lowest BCUT2D eigenvalue weighted by molar-refractivity contribution is -0.124. The highest BCUT2D eigenvalue weighted by atomic mass is 79.9. The zero-order valence-electron chi connectivity index (χ0n) is 17.3. The van der Waals surface area contributed by atoms with Crippen molar-refractivity contribution in [3.05, 3.63) is 64.4 Å². The van der Waals surface area contributed by atoms with Crippen LogP contribution in [-0.4, -0.2) is 40.6 Å². The van der Waals surface area contributed by atoms with E-state index in [-0.39, 0.29) is 5.91 Å². The lowest BCUT2D eigenvalue weighted by Gasteiger charge is -2.29. The van der Waals surface area contributed by atoms with Crippen LogP contribution in [0.3, 0.4) is 0 Å². The first kappa shape index (κ1) is 21.2. The number of fused-ring (bicyclic) bond motifs is 1. The number of amides is 1. The molecule has 0 saturated carbocycles. The van der Waals surface area contributed by atoms with Gasteiger partial charge in [0, 0.05) is 36.0 Å². The quantitative estimate of drug-likeness (QED) is 0.549. The molecule has 160 valence electrons. The monoisotopic (exact) mass is 482 g/mol. The first-order valence-electron chi connectivity index (χ1n) is 9.94. The van der Waals surface area contributed by atoms with E-state index in [1.165, 1.54) is 24.6 Å². The second-order valence-electron chi connectivity index (χ2n) is 7.27. The number of anilines is 4. The average molecular weight is 483 g/mol. The third-order valence-electron chi connectivity index (χ3n) is 5.13. The summed E-state index contributed by atoms with van der Waals surface area (Å²) in [5.74, 6) is 0.865. The van der Waals surface area contributed by atoms with E-state index in [0.29, 0.717) is 17.6 Å². The summed E-state index contributed by atoms with van der Waals surface area (Å²) in [6.45, 7) is 3.29. The number of rotatable bonds is 6. The molecule has 0 saturated heterocycles. The minimum atomic E-state index is -0.529. The van der Waals surface area contributed by atoms with Gasteiger partial charge in [-0.2, -0.15) is 4.98 Å². The minimum absolute atomic E-state index is 0.209. The highest BCUT2D eigenvalue weighted by Crippen LogP contribution is 2.25. The third-order valence-corrected chi connectivity index (χ3v) is 5.62. The fourth-order valence-electron chi connectivity index (χ4n) is 3.35. The van der Waals surface area contributed by atoms with Crippen molar-refractivity contribution in [1.29, 1.82) is 0 Å². The summed E-state index contributed by atoms with van der Waals surface area (Å²) in [6, 6.07) is 13.7. The molecule has 1 aromatic heterocycles. The number of aromatic nitrogens is 3. The molecule has 0 fully saturated rings. The Kier molecular flexibility index (Phi) is 6.43. The summed E-state index contributed by atoms with van der Waals surface area (Å²) in [4.78, 5) is 27.4. The van der Waals surface area contributed by atoms with Gasteiger partial charge in [0.05, 0.1) is 0 Å². The van der Waals surface area contributed by atoms with Crippen molar-refractivity contribution in [2.45, 2.75) is 26.0 Å². The van der Waals surface area contributed by atoms with Crippen molar-refractivity contribution in [2.24, 2.45) is 0 Å². The van der Waals surface area contributed by atoms with Crippen LogP contribution >= 0.6 is 15.9 Å². The molecule has 0 bridgehead atoms. The Morgan fingerprint density at radius 3 is 2.84 bits per heavy atom. The van der Waals surface area contributed by atoms with Crippen molar-refractivity contribution in [3.8, 4) is 0 Å². The van der Waals surface area contributed by atoms with E-state index >= 15 is 0 Å². The molecular formula is C22H23BrN6O2. The number of hydrogen-bond donors (Lipinski definition) is 2. The SMILES string of the molecule is CO[C@H](C)C(=O)Nc1cccc(Nc2ncnc(N3CCc4cc(Br)ccc4C3)n2)c1. The van der Waals surface area contributed by atoms with Gasteiger partial charge >= 0.3 is 0 Å². The first-order chi connectivity index (χ1) is 15.0. The van der Waals surface area contributed by atoms with Crippen LogP contribution in [-0.2, 0) is 22.5 Å². The zero-order chi connectivity index (χ0) is 21.8. The molecule has 0 radical (unpaired) electrons. The Morgan fingerprint density at radius 2 is 2.00 bits per heavy atom. The van der Waals surface area contributed by atoms with Crippen molar-refractivity contribution >= 4 is 45.1 Å². The summed E-state index contributed by atoms with van der Waals surface area (Å²) < 4.78 is 6.15. The smallest absolute Gasteiger partial charge is 0.253 e. The molecule has 8 nitrogen and oxygen atoms in total. The second-order valence-corrected chi connectivity index (χ2v) is 8.18. The van der Waals surface area contributed by atoms with Crippen molar-refractivity contribution in [2.75, 3.05) is 29.2 Å². The Labute approximate surface area is 189 Å². The molecule has 0 unspecified atom stereocenters. The Morgan fingerprint density at radius 1 is 1.16 bits per heavy atom. The van der Waals surface area contributed by atoms with Crippen LogP contribution in [0.25, 0.3) is 0 Å². The fraction of sp³-hybridized carbons (Fsp3) is 0.273. The van der Waals surface area contributed by atoms with Gasteiger partial charge < -0.3 is 20.3 Å². The van der Waals surface area contributed by atoms with Crippen LogP contribution in [0.15, 0.2) is 53.3 Å². The summed E-state index contributed by atoms with van der Waals surface area (Å²) in [5.41, 5.74) is 4.04. The van der Waals surface area contributed by atoms with Crippen LogP contribution in [0, 0.1) is 0 Å². The van der Waals surface area contributed by atoms with Gasteiger partial charge in [-0.15, -0.1) is 0 Å². The Bertz CT molecular complexity index is 1090. The van der Waals surface area contributed by atoms with Gasteiger partial charge in [0.1, 0.15) is 12.4 Å². The van der Waals surface area contributed by atoms with Gasteiger partial charge in [-0.3, -0.25) is 4.79 Å². The number of carbonyl (C=O) groups excluding carboxylic acids is 1. The molecule has 0 spiro atoms. The number of nitrogens with one attached hydrogen (secondary N) is 2. The Balaban J connectivity index is 1.46. The topological polar surface area (TPSA) is 92.3 Å². The molecule has 4 rings (SSSR count). The largest absolute Gasteiger partial charge is 0.372 e. The number of nitrogens with zero attached hydrogens (tertiary/aromatic N) is 4. The first-order valence-corrected chi connectivity index (χ1v) is 10.7. The number of hydrogen-bond acceptors (Lipinski definition) is 7. The lowest BCUT2D eigenvalue weighted by Crippen LogP contribution is -2.32. The normalized spacial score (nSPS) is 14.0. The van der Waals surface area contributed by atoms with E-state index in [0.717, 1.165) is 29.7 Å². The highest BCUT2D eigenvalue weighted by molar-refractivity contribution is 9.10. The Hall–Kier alpha value is -3.04. The molecule has 1 aliphatic heterocycles. The van der Waals surface area contributed by atoms with Crippen LogP contribution in [0.4, 0.5) is 23.3 Å². The molecule has 2 N–H and O–H groups in total. The number of carbonyl (C=O) groups is 1. The fourth-order valence-corrected chi connectivity index (χ4v) is 3.76. The molecule has 31 heavy (non-hydrogen) atoms. The predicted octanol–water partition coefficient (Wildman–Crippen LogP) is 3.91. The van der Waals surface area contributed by atoms with E-state index in [1.54, 1.807) is 6.92 Å². The van der Waals surface area contributed by atoms with E-state index in [2.05, 4.69) is 64.6 Å². The van der Waals surface area contributed by atoms with E-state index in [4.69, 9.17) is 4.74 Å². The average Bonchev–Trinajstić information content (AvgIpc) is 2.78. The molecule has 1 atom stereocenters. The van der Waals surface area contributed by atoms with Gasteiger partial charge in [0.25, 0.3) is 5.91 Å². The maximum atomic E-state index is 12.0. The predicted molar refractivity (Wildman–Crippen MR) is 124 cm³/mol. The maximum Gasteiger partial charge on any atom is 0.253 e. The van der Waals surface area contributed by atoms with Crippen LogP contribution in [0.2, 0.25) is 0 Å². The molecule has 1 aliphatic rings. The van der Waals surface area contributed by atoms with Gasteiger partial charge in [0.15, 0.2) is 0 Å². The molecule has 2 heterocycles. The van der Waals surface area contributed by atoms with Gasteiger partial charge in [0.2, 0.25) is 11.9 Å². The molecule has 1 amide bonds. The number of ether oxygens (including phenoxy) is 1. The standard InChI is InChI=1S/C22H23BrN6O2/c1-14(31-2)20(30)26-18-4-3-5-19(11-18)27-21-24-13-25-22(28-21)29-9-8-15-10-17(23)7-6-16(15)12-29/h3-7,10-11,13-14H,8-9,12H2,1-2H3,(H,26,30)(H,24,25,27,28)/t14-/m1/s1. The van der Waals surface area contributed by atoms with Crippen LogP contribution in [0.5, 0.6) is 0 Å². The van der Waals surface area contributed by atoms with E-state index < -0.39 is 6.10 Å². The second kappa shape index (κ2) is 9.40. The molecule has 3 aromatic rings. The number of benzene rings is 2. The summed E-state index contributed by atoms with van der Waals surface area (Å²) in [5, 5.41) is 6.02. The molecular weight excluding hydrogens is 460 g/mol. The van der Waals surface area contributed by atoms with Gasteiger partial charge in [-0.05, 0) is 54.8 Å². The van der Waals surface area contributed by atoms with Crippen molar-refractivity contribution in [3.63, 3.8) is 0 Å². The highest BCUT2D eigenvalue weighted by Gasteiger charge is 2.19. The van der Waals surface area contributed by atoms with E-state index in [9.17, 15) is 4.79 Å². The van der Waals surface area contributed by atoms with Gasteiger partial charge in [-0.1, -0.05) is 28.1 Å². The molecule has 0 aliphatic carbocycles. The zero-order valence-corrected chi connectivity index (χ0v) is 18.9. The van der Waals surface area contributed by atoms with Crippen molar-refractivity contribution < 1.29 is 9.53 Å².